The zero-order valence-electron chi connectivity index (χ0n) is 20.9. The van der Waals surface area contributed by atoms with Crippen LogP contribution >= 0.6 is 0 Å². The molecule has 0 bridgehead atoms. The Balaban J connectivity index is 2.47. The predicted octanol–water partition coefficient (Wildman–Crippen LogP) is 5.63. The van der Waals surface area contributed by atoms with Gasteiger partial charge in [-0.1, -0.05) is 32.9 Å². The molecule has 33 heavy (non-hydrogen) atoms. The minimum absolute atomic E-state index is 0.0197. The second-order valence-electron chi connectivity index (χ2n) is 9.18. The summed E-state index contributed by atoms with van der Waals surface area (Å²) in [6.45, 7) is 11.7. The molecule has 0 amide bonds. The molecule has 0 aliphatic heterocycles. The highest BCUT2D eigenvalue weighted by Crippen LogP contribution is 2.38. The van der Waals surface area contributed by atoms with Crippen LogP contribution in [0.15, 0.2) is 36.4 Å². The number of hydrogen-bond acceptors (Lipinski definition) is 7. The van der Waals surface area contributed by atoms with E-state index in [4.69, 9.17) is 28.1 Å². The third-order valence-corrected chi connectivity index (χ3v) is 10.3. The van der Waals surface area contributed by atoms with E-state index in [9.17, 15) is 4.79 Å². The molecule has 0 aliphatic rings. The Bertz CT molecular complexity index is 935. The molecule has 0 unspecified atom stereocenters. The van der Waals surface area contributed by atoms with Crippen molar-refractivity contribution in [2.24, 2.45) is 0 Å². The molecule has 0 saturated carbocycles. The molecule has 8 heteroatoms. The number of methoxy groups -OCH3 is 3. The number of ether oxygens (including phenoxy) is 5. The van der Waals surface area contributed by atoms with Crippen LogP contribution in [0, 0.1) is 0 Å². The molecular formula is C25H36O7Si. The van der Waals surface area contributed by atoms with Crippen LogP contribution in [0.2, 0.25) is 18.1 Å². The minimum Gasteiger partial charge on any atom is -0.467 e. The zero-order chi connectivity index (χ0) is 24.6. The number of carbonyl (C=O) groups excluding carboxylic acids is 1. The van der Waals surface area contributed by atoms with Gasteiger partial charge in [0.05, 0.1) is 13.7 Å². The highest BCUT2D eigenvalue weighted by atomic mass is 28.4. The first kappa shape index (κ1) is 26.9. The summed E-state index contributed by atoms with van der Waals surface area (Å²) in [6, 6.07) is 11.2. The van der Waals surface area contributed by atoms with Gasteiger partial charge >= 0.3 is 5.97 Å². The number of carbonyl (C=O) groups is 1. The van der Waals surface area contributed by atoms with Crippen LogP contribution in [-0.4, -0.2) is 49.2 Å². The summed E-state index contributed by atoms with van der Waals surface area (Å²) in [5.41, 5.74) is 2.90. The summed E-state index contributed by atoms with van der Waals surface area (Å²) in [5.74, 6) is 0.512. The lowest BCUT2D eigenvalue weighted by atomic mass is 9.99. The summed E-state index contributed by atoms with van der Waals surface area (Å²) >= 11 is 0. The Labute approximate surface area is 198 Å². The van der Waals surface area contributed by atoms with Crippen LogP contribution in [0.1, 0.15) is 36.7 Å². The van der Waals surface area contributed by atoms with Crippen molar-refractivity contribution in [3.8, 4) is 22.6 Å². The molecule has 2 aromatic carbocycles. The molecule has 2 rings (SSSR count). The molecule has 2 aromatic rings. The SMILES string of the molecule is COCOc1ccc(-c2cc(CO[Si](C)(C)C(C)(C)C)ccc2OCOC)cc1C(=O)OC. The van der Waals surface area contributed by atoms with Crippen LogP contribution in [0.25, 0.3) is 11.1 Å². The third-order valence-electron chi connectivity index (χ3n) is 5.81. The zero-order valence-corrected chi connectivity index (χ0v) is 21.9. The first-order valence-corrected chi connectivity index (χ1v) is 13.7. The van der Waals surface area contributed by atoms with Crippen LogP contribution in [0.5, 0.6) is 11.5 Å². The minimum atomic E-state index is -1.91. The number of benzene rings is 2. The second-order valence-corrected chi connectivity index (χ2v) is 14.0. The quantitative estimate of drug-likeness (QED) is 0.236. The third kappa shape index (κ3) is 7.04. The Morgan fingerprint density at radius 2 is 1.48 bits per heavy atom. The van der Waals surface area contributed by atoms with Gasteiger partial charge in [0, 0.05) is 19.8 Å². The Morgan fingerprint density at radius 1 is 0.879 bits per heavy atom. The Kier molecular flexibility index (Phi) is 9.48. The topological polar surface area (TPSA) is 72.5 Å². The second kappa shape index (κ2) is 11.6. The van der Waals surface area contributed by atoms with Crippen molar-refractivity contribution in [1.82, 2.24) is 0 Å². The lowest BCUT2D eigenvalue weighted by Gasteiger charge is -2.36. The fraction of sp³-hybridized carbons (Fsp3) is 0.480. The first-order valence-electron chi connectivity index (χ1n) is 10.8. The monoisotopic (exact) mass is 476 g/mol. The molecule has 0 spiro atoms. The van der Waals surface area contributed by atoms with Crippen LogP contribution in [0.3, 0.4) is 0 Å². The van der Waals surface area contributed by atoms with Crippen molar-refractivity contribution in [2.45, 2.75) is 45.5 Å². The lowest BCUT2D eigenvalue weighted by molar-refractivity contribution is 0.0464. The van der Waals surface area contributed by atoms with Gasteiger partial charge in [-0.3, -0.25) is 0 Å². The molecular weight excluding hydrogens is 440 g/mol. The van der Waals surface area contributed by atoms with Crippen molar-refractivity contribution in [2.75, 3.05) is 34.9 Å². The summed E-state index contributed by atoms with van der Waals surface area (Å²) in [6.07, 6.45) is 0. The van der Waals surface area contributed by atoms with Crippen molar-refractivity contribution in [3.63, 3.8) is 0 Å². The smallest absolute Gasteiger partial charge is 0.341 e. The van der Waals surface area contributed by atoms with E-state index in [-0.39, 0.29) is 18.6 Å². The van der Waals surface area contributed by atoms with E-state index < -0.39 is 14.3 Å². The molecule has 182 valence electrons. The maximum atomic E-state index is 12.4. The van der Waals surface area contributed by atoms with Gasteiger partial charge in [-0.25, -0.2) is 4.79 Å². The van der Waals surface area contributed by atoms with Gasteiger partial charge in [-0.15, -0.1) is 0 Å². The van der Waals surface area contributed by atoms with Crippen molar-refractivity contribution in [1.29, 1.82) is 0 Å². The summed E-state index contributed by atoms with van der Waals surface area (Å²) < 4.78 is 32.7. The van der Waals surface area contributed by atoms with Crippen molar-refractivity contribution >= 4 is 14.3 Å². The predicted molar refractivity (Wildman–Crippen MR) is 130 cm³/mol. The maximum absolute atomic E-state index is 12.4. The standard InChI is InChI=1S/C25H36O7Si/c1-25(2,3)33(7,8)32-15-18-9-11-22(30-16-27-4)20(13-18)19-10-12-23(31-17-28-5)21(14-19)24(26)29-6/h9-14H,15-17H2,1-8H3. The van der Waals surface area contributed by atoms with E-state index >= 15 is 0 Å². The fourth-order valence-electron chi connectivity index (χ4n) is 2.84. The average Bonchev–Trinajstić information content (AvgIpc) is 2.79. The highest BCUT2D eigenvalue weighted by molar-refractivity contribution is 6.74. The van der Waals surface area contributed by atoms with Crippen LogP contribution < -0.4 is 9.47 Å². The molecule has 0 N–H and O–H groups in total. The Hall–Kier alpha value is -2.39. The van der Waals surface area contributed by atoms with Gasteiger partial charge in [0.25, 0.3) is 0 Å². The normalized spacial score (nSPS) is 11.9. The molecule has 0 atom stereocenters. The average molecular weight is 477 g/mol. The van der Waals surface area contributed by atoms with Crippen LogP contribution in [0.4, 0.5) is 0 Å². The number of hydrogen-bond donors (Lipinski definition) is 0. The van der Waals surface area contributed by atoms with E-state index in [2.05, 4.69) is 33.9 Å². The van der Waals surface area contributed by atoms with Gasteiger partial charge in [-0.05, 0) is 53.5 Å². The summed E-state index contributed by atoms with van der Waals surface area (Å²) in [4.78, 5) is 12.4. The van der Waals surface area contributed by atoms with E-state index in [0.29, 0.717) is 23.7 Å². The molecule has 0 heterocycles. The molecule has 7 nitrogen and oxygen atoms in total. The fourth-order valence-corrected chi connectivity index (χ4v) is 3.80. The summed E-state index contributed by atoms with van der Waals surface area (Å²) in [5, 5.41) is 0.116. The van der Waals surface area contributed by atoms with E-state index in [0.717, 1.165) is 16.7 Å². The van der Waals surface area contributed by atoms with E-state index in [1.54, 1.807) is 19.2 Å². The van der Waals surface area contributed by atoms with Crippen molar-refractivity contribution in [3.05, 3.63) is 47.5 Å². The summed E-state index contributed by atoms with van der Waals surface area (Å²) in [7, 11) is 2.51. The lowest BCUT2D eigenvalue weighted by Crippen LogP contribution is -2.40. The van der Waals surface area contributed by atoms with E-state index in [1.807, 2.05) is 24.3 Å². The number of esters is 1. The van der Waals surface area contributed by atoms with Gasteiger partial charge in [0.1, 0.15) is 17.1 Å². The molecule has 0 radical (unpaired) electrons. The molecule has 0 saturated heterocycles. The van der Waals surface area contributed by atoms with Crippen LogP contribution in [-0.2, 0) is 25.2 Å². The molecule has 0 aromatic heterocycles. The van der Waals surface area contributed by atoms with E-state index in [1.165, 1.54) is 14.2 Å². The molecule has 0 aliphatic carbocycles. The number of rotatable bonds is 11. The maximum Gasteiger partial charge on any atom is 0.341 e. The van der Waals surface area contributed by atoms with Gasteiger partial charge in [-0.2, -0.15) is 0 Å². The Morgan fingerprint density at radius 3 is 2.06 bits per heavy atom. The molecule has 0 fully saturated rings. The van der Waals surface area contributed by atoms with Gasteiger partial charge < -0.3 is 28.1 Å². The van der Waals surface area contributed by atoms with Gasteiger partial charge in [0.15, 0.2) is 21.9 Å². The largest absolute Gasteiger partial charge is 0.467 e. The van der Waals surface area contributed by atoms with Gasteiger partial charge in [0.2, 0.25) is 0 Å². The van der Waals surface area contributed by atoms with Crippen molar-refractivity contribution < 1.29 is 32.9 Å². The first-order chi connectivity index (χ1) is 15.5. The highest BCUT2D eigenvalue weighted by Gasteiger charge is 2.37.